The van der Waals surface area contributed by atoms with Gasteiger partial charge in [-0.3, -0.25) is 0 Å². The standard InChI is InChI=1S/C17H15BrF2O/c1-21-13-8-14(19)16(15(20)9-13)17(18)12-6-5-10-3-2-4-11(10)7-12/h5-9,17H,2-4H2,1H3. The highest BCUT2D eigenvalue weighted by Gasteiger charge is 2.22. The number of alkyl halides is 1. The molecule has 1 nitrogen and oxygen atoms in total. The predicted octanol–water partition coefficient (Wildman–Crippen LogP) is 4.95. The van der Waals surface area contributed by atoms with Crippen LogP contribution in [-0.4, -0.2) is 7.11 Å². The van der Waals surface area contributed by atoms with Gasteiger partial charge < -0.3 is 4.74 Å². The van der Waals surface area contributed by atoms with Gasteiger partial charge >= 0.3 is 0 Å². The topological polar surface area (TPSA) is 9.23 Å². The first-order chi connectivity index (χ1) is 10.1. The number of hydrogen-bond acceptors (Lipinski definition) is 1. The van der Waals surface area contributed by atoms with Gasteiger partial charge in [-0.25, -0.2) is 8.78 Å². The first-order valence-corrected chi connectivity index (χ1v) is 7.80. The largest absolute Gasteiger partial charge is 0.497 e. The summed E-state index contributed by atoms with van der Waals surface area (Å²) in [6.45, 7) is 0. The predicted molar refractivity (Wildman–Crippen MR) is 82.1 cm³/mol. The summed E-state index contributed by atoms with van der Waals surface area (Å²) < 4.78 is 33.2. The van der Waals surface area contributed by atoms with E-state index in [4.69, 9.17) is 4.74 Å². The summed E-state index contributed by atoms with van der Waals surface area (Å²) in [5.74, 6) is -1.02. The number of ether oxygens (including phenoxy) is 1. The van der Waals surface area contributed by atoms with Crippen LogP contribution in [0.3, 0.4) is 0 Å². The molecule has 0 aromatic heterocycles. The lowest BCUT2D eigenvalue weighted by molar-refractivity contribution is 0.405. The van der Waals surface area contributed by atoms with E-state index in [2.05, 4.69) is 22.0 Å². The fraction of sp³-hybridized carbons (Fsp3) is 0.294. The first kappa shape index (κ1) is 14.5. The van der Waals surface area contributed by atoms with Gasteiger partial charge in [0.25, 0.3) is 0 Å². The Morgan fingerprint density at radius 3 is 2.38 bits per heavy atom. The van der Waals surface area contributed by atoms with Crippen LogP contribution in [0.5, 0.6) is 5.75 Å². The van der Waals surface area contributed by atoms with E-state index in [0.29, 0.717) is 0 Å². The second-order valence-electron chi connectivity index (χ2n) is 5.25. The Hall–Kier alpha value is -1.42. The number of fused-ring (bicyclic) bond motifs is 1. The smallest absolute Gasteiger partial charge is 0.134 e. The van der Waals surface area contributed by atoms with E-state index in [0.717, 1.165) is 24.8 Å². The van der Waals surface area contributed by atoms with Crippen LogP contribution in [-0.2, 0) is 12.8 Å². The van der Waals surface area contributed by atoms with Gasteiger partial charge in [-0.2, -0.15) is 0 Å². The van der Waals surface area contributed by atoms with Crippen LogP contribution in [0.15, 0.2) is 30.3 Å². The highest BCUT2D eigenvalue weighted by molar-refractivity contribution is 9.09. The number of methoxy groups -OCH3 is 1. The molecule has 110 valence electrons. The molecular formula is C17H15BrF2O. The second kappa shape index (κ2) is 5.76. The second-order valence-corrected chi connectivity index (χ2v) is 6.16. The van der Waals surface area contributed by atoms with Crippen LogP contribution >= 0.6 is 15.9 Å². The molecule has 0 fully saturated rings. The molecule has 0 saturated heterocycles. The Morgan fingerprint density at radius 2 is 1.71 bits per heavy atom. The normalized spacial score (nSPS) is 14.9. The summed E-state index contributed by atoms with van der Waals surface area (Å²) in [7, 11) is 1.39. The lowest BCUT2D eigenvalue weighted by atomic mass is 9.99. The summed E-state index contributed by atoms with van der Waals surface area (Å²) in [6.07, 6.45) is 3.28. The van der Waals surface area contributed by atoms with Crippen molar-refractivity contribution in [3.8, 4) is 5.75 Å². The zero-order valence-electron chi connectivity index (χ0n) is 11.6. The maximum atomic E-state index is 14.2. The molecule has 1 aliphatic rings. The molecule has 0 bridgehead atoms. The maximum Gasteiger partial charge on any atom is 0.134 e. The van der Waals surface area contributed by atoms with Crippen LogP contribution in [0.2, 0.25) is 0 Å². The van der Waals surface area contributed by atoms with Crippen LogP contribution in [0.4, 0.5) is 8.78 Å². The van der Waals surface area contributed by atoms with Crippen molar-refractivity contribution >= 4 is 15.9 Å². The van der Waals surface area contributed by atoms with Crippen LogP contribution in [0.25, 0.3) is 0 Å². The van der Waals surface area contributed by atoms with Crippen LogP contribution < -0.4 is 4.74 Å². The summed E-state index contributed by atoms with van der Waals surface area (Å²) in [5, 5.41) is 0. The van der Waals surface area contributed by atoms with Crippen molar-refractivity contribution in [3.63, 3.8) is 0 Å². The molecule has 1 unspecified atom stereocenters. The first-order valence-electron chi connectivity index (χ1n) is 6.89. The fourth-order valence-corrected chi connectivity index (χ4v) is 3.56. The molecule has 1 aliphatic carbocycles. The average Bonchev–Trinajstić information content (AvgIpc) is 2.93. The van der Waals surface area contributed by atoms with Crippen LogP contribution in [0, 0.1) is 11.6 Å². The molecule has 0 spiro atoms. The van der Waals surface area contributed by atoms with E-state index < -0.39 is 16.5 Å². The van der Waals surface area contributed by atoms with Crippen molar-refractivity contribution in [2.75, 3.05) is 7.11 Å². The molecule has 2 aromatic carbocycles. The quantitative estimate of drug-likeness (QED) is 0.710. The Labute approximate surface area is 131 Å². The molecule has 0 aliphatic heterocycles. The van der Waals surface area contributed by atoms with Crippen molar-refractivity contribution in [2.24, 2.45) is 0 Å². The van der Waals surface area contributed by atoms with E-state index in [-0.39, 0.29) is 11.3 Å². The zero-order valence-corrected chi connectivity index (χ0v) is 13.2. The van der Waals surface area contributed by atoms with Gasteiger partial charge in [-0.15, -0.1) is 0 Å². The average molecular weight is 353 g/mol. The summed E-state index contributed by atoms with van der Waals surface area (Å²) in [4.78, 5) is -0.505. The third-order valence-corrected chi connectivity index (χ3v) is 4.94. The van der Waals surface area contributed by atoms with Gasteiger partial charge in [0.05, 0.1) is 11.9 Å². The molecule has 0 heterocycles. The third-order valence-electron chi connectivity index (χ3n) is 3.96. The highest BCUT2D eigenvalue weighted by atomic mass is 79.9. The number of rotatable bonds is 3. The van der Waals surface area contributed by atoms with Gasteiger partial charge in [0.15, 0.2) is 0 Å². The Balaban J connectivity index is 2.00. The molecule has 0 amide bonds. The Morgan fingerprint density at radius 1 is 1.05 bits per heavy atom. The van der Waals surface area contributed by atoms with Gasteiger partial charge in [0, 0.05) is 17.7 Å². The zero-order chi connectivity index (χ0) is 15.0. The van der Waals surface area contributed by atoms with Gasteiger partial charge in [0.2, 0.25) is 0 Å². The van der Waals surface area contributed by atoms with Crippen molar-refractivity contribution in [2.45, 2.75) is 24.1 Å². The van der Waals surface area contributed by atoms with Crippen molar-refractivity contribution in [3.05, 3.63) is 64.2 Å². The minimum atomic E-state index is -0.603. The van der Waals surface area contributed by atoms with Gasteiger partial charge in [0.1, 0.15) is 17.4 Å². The monoisotopic (exact) mass is 352 g/mol. The van der Waals surface area contributed by atoms with E-state index in [9.17, 15) is 8.78 Å². The number of halogens is 3. The Kier molecular flexibility index (Phi) is 3.98. The fourth-order valence-electron chi connectivity index (χ4n) is 2.84. The minimum Gasteiger partial charge on any atom is -0.497 e. The maximum absolute atomic E-state index is 14.2. The lowest BCUT2D eigenvalue weighted by Crippen LogP contribution is -2.02. The van der Waals surface area contributed by atoms with E-state index in [1.165, 1.54) is 30.4 Å². The lowest BCUT2D eigenvalue weighted by Gasteiger charge is -2.15. The molecule has 21 heavy (non-hydrogen) atoms. The van der Waals surface area contributed by atoms with Crippen LogP contribution in [0.1, 0.15) is 33.5 Å². The van der Waals surface area contributed by atoms with E-state index >= 15 is 0 Å². The van der Waals surface area contributed by atoms with Crippen molar-refractivity contribution < 1.29 is 13.5 Å². The minimum absolute atomic E-state index is 0.0220. The van der Waals surface area contributed by atoms with Crippen molar-refractivity contribution in [1.29, 1.82) is 0 Å². The summed E-state index contributed by atoms with van der Waals surface area (Å²) in [6, 6.07) is 8.46. The summed E-state index contributed by atoms with van der Waals surface area (Å²) in [5.41, 5.74) is 3.52. The molecule has 1 atom stereocenters. The number of hydrogen-bond donors (Lipinski definition) is 0. The molecule has 4 heteroatoms. The number of benzene rings is 2. The molecule has 3 rings (SSSR count). The Bertz CT molecular complexity index is 661. The molecule has 2 aromatic rings. The van der Waals surface area contributed by atoms with E-state index in [1.807, 2.05) is 12.1 Å². The molecule has 0 saturated carbocycles. The van der Waals surface area contributed by atoms with Gasteiger partial charge in [-0.05, 0) is 36.0 Å². The molecule has 0 N–H and O–H groups in total. The SMILES string of the molecule is COc1cc(F)c(C(Br)c2ccc3c(c2)CCC3)c(F)c1. The number of aryl methyl sites for hydroxylation is 2. The highest BCUT2D eigenvalue weighted by Crippen LogP contribution is 2.37. The van der Waals surface area contributed by atoms with E-state index in [1.54, 1.807) is 0 Å². The molecular weight excluding hydrogens is 338 g/mol. The summed E-state index contributed by atoms with van der Waals surface area (Å²) >= 11 is 3.43. The molecule has 0 radical (unpaired) electrons. The third kappa shape index (κ3) is 2.69. The van der Waals surface area contributed by atoms with Gasteiger partial charge in [-0.1, -0.05) is 34.1 Å². The van der Waals surface area contributed by atoms with Crippen molar-refractivity contribution in [1.82, 2.24) is 0 Å².